The van der Waals surface area contributed by atoms with Crippen molar-refractivity contribution in [3.05, 3.63) is 16.9 Å². The van der Waals surface area contributed by atoms with Crippen LogP contribution < -0.4 is 5.32 Å². The first-order chi connectivity index (χ1) is 4.68. The fourth-order valence-corrected chi connectivity index (χ4v) is 1.59. The maximum Gasteiger partial charge on any atom is 0.226 e. The second-order valence-corrected chi connectivity index (χ2v) is 3.19. The maximum absolute atomic E-state index is 10.4. The third-order valence-electron chi connectivity index (χ3n) is 0.723. The summed E-state index contributed by atoms with van der Waals surface area (Å²) in [4.78, 5) is 14.3. The summed E-state index contributed by atoms with van der Waals surface area (Å²) in [5.74, 6) is -0.346. The molecule has 0 fully saturated rings. The van der Waals surface area contributed by atoms with Crippen LogP contribution in [0, 0.1) is 6.92 Å². The molecule has 1 rings (SSSR count). The van der Waals surface area contributed by atoms with Gasteiger partial charge in [0.2, 0.25) is 5.91 Å². The fraction of sp³-hybridized carbons (Fsp3) is 0. The maximum atomic E-state index is 10.4. The van der Waals surface area contributed by atoms with E-state index in [-0.39, 0.29) is 5.91 Å². The molecule has 3 nitrogen and oxygen atoms in total. The predicted octanol–water partition coefficient (Wildman–Crippen LogP) is 1.68. The van der Waals surface area contributed by atoms with E-state index in [9.17, 15) is 4.79 Å². The highest BCUT2D eigenvalue weighted by Gasteiger charge is 1.98. The minimum atomic E-state index is -0.346. The zero-order valence-electron chi connectivity index (χ0n) is 4.93. The van der Waals surface area contributed by atoms with Crippen molar-refractivity contribution in [2.75, 3.05) is 5.32 Å². The van der Waals surface area contributed by atoms with E-state index in [2.05, 4.69) is 33.2 Å². The molecule has 0 atom stereocenters. The minimum Gasteiger partial charge on any atom is -0.302 e. The summed E-state index contributed by atoms with van der Waals surface area (Å²) in [5.41, 5.74) is 0. The standard InChI is InChI=1S/C5H4BrN2OS/c1-3(9)7-5-8-4(6)2-10-5/h2H,1H2,(H,7,8,9). The smallest absolute Gasteiger partial charge is 0.226 e. The molecule has 0 aromatic carbocycles. The Labute approximate surface area is 70.6 Å². The van der Waals surface area contributed by atoms with E-state index in [0.29, 0.717) is 5.13 Å². The van der Waals surface area contributed by atoms with Gasteiger partial charge < -0.3 is 5.32 Å². The van der Waals surface area contributed by atoms with Gasteiger partial charge in [0.15, 0.2) is 5.13 Å². The highest BCUT2D eigenvalue weighted by molar-refractivity contribution is 9.10. The number of aromatic nitrogens is 1. The summed E-state index contributed by atoms with van der Waals surface area (Å²) >= 11 is 4.50. The Bertz CT molecular complexity index is 248. The summed E-state index contributed by atoms with van der Waals surface area (Å²) in [6.07, 6.45) is 0. The lowest BCUT2D eigenvalue weighted by atomic mass is 10.7. The summed E-state index contributed by atoms with van der Waals surface area (Å²) in [6.45, 7) is 3.14. The zero-order chi connectivity index (χ0) is 7.56. The number of nitrogens with one attached hydrogen (secondary N) is 1. The van der Waals surface area contributed by atoms with Gasteiger partial charge in [0, 0.05) is 12.3 Å². The molecule has 10 heavy (non-hydrogen) atoms. The van der Waals surface area contributed by atoms with Gasteiger partial charge in [0.05, 0.1) is 0 Å². The Hall–Kier alpha value is -0.420. The molecule has 0 unspecified atom stereocenters. The van der Waals surface area contributed by atoms with Crippen molar-refractivity contribution in [1.82, 2.24) is 4.98 Å². The summed E-state index contributed by atoms with van der Waals surface area (Å²) in [5, 5.41) is 4.80. The third-order valence-corrected chi connectivity index (χ3v) is 2.19. The number of thiazole rings is 1. The normalized spacial score (nSPS) is 9.40. The quantitative estimate of drug-likeness (QED) is 0.782. The predicted molar refractivity (Wildman–Crippen MR) is 43.8 cm³/mol. The topological polar surface area (TPSA) is 42.0 Å². The molecule has 1 aromatic heterocycles. The van der Waals surface area contributed by atoms with Crippen LogP contribution in [0.3, 0.4) is 0 Å². The van der Waals surface area contributed by atoms with E-state index in [0.717, 1.165) is 4.60 Å². The van der Waals surface area contributed by atoms with Crippen LogP contribution in [0.1, 0.15) is 0 Å². The molecule has 5 heteroatoms. The van der Waals surface area contributed by atoms with Crippen LogP contribution in [0.4, 0.5) is 5.13 Å². The molecule has 1 N–H and O–H groups in total. The average Bonchev–Trinajstić information content (AvgIpc) is 2.13. The van der Waals surface area contributed by atoms with Crippen molar-refractivity contribution in [3.63, 3.8) is 0 Å². The van der Waals surface area contributed by atoms with E-state index in [1.807, 2.05) is 0 Å². The first-order valence-corrected chi connectivity index (χ1v) is 4.10. The molecule has 0 saturated heterocycles. The average molecular weight is 220 g/mol. The minimum absolute atomic E-state index is 0.346. The van der Waals surface area contributed by atoms with Gasteiger partial charge in [-0.15, -0.1) is 11.3 Å². The largest absolute Gasteiger partial charge is 0.302 e. The lowest BCUT2D eigenvalue weighted by Crippen LogP contribution is -2.05. The van der Waals surface area contributed by atoms with Gasteiger partial charge >= 0.3 is 0 Å². The monoisotopic (exact) mass is 219 g/mol. The van der Waals surface area contributed by atoms with Gasteiger partial charge in [-0.1, -0.05) is 0 Å². The molecule has 0 aliphatic heterocycles. The molecule has 1 radical (unpaired) electrons. The number of anilines is 1. The van der Waals surface area contributed by atoms with Gasteiger partial charge in [0.1, 0.15) is 4.60 Å². The van der Waals surface area contributed by atoms with Crippen LogP contribution in [0.5, 0.6) is 0 Å². The molecule has 1 amide bonds. The molecule has 0 spiro atoms. The van der Waals surface area contributed by atoms with Crippen molar-refractivity contribution in [2.24, 2.45) is 0 Å². The number of amides is 1. The number of carbonyl (C=O) groups is 1. The molecule has 0 aliphatic rings. The van der Waals surface area contributed by atoms with Gasteiger partial charge in [-0.05, 0) is 15.9 Å². The highest BCUT2D eigenvalue weighted by Crippen LogP contribution is 2.18. The van der Waals surface area contributed by atoms with E-state index in [1.54, 1.807) is 5.38 Å². The zero-order valence-corrected chi connectivity index (χ0v) is 7.33. The lowest BCUT2D eigenvalue weighted by molar-refractivity contribution is -0.112. The summed E-state index contributed by atoms with van der Waals surface area (Å²) in [7, 11) is 0. The van der Waals surface area contributed by atoms with Crippen LogP contribution in [0.2, 0.25) is 0 Å². The molecular formula is C5H4BrN2OS. The molecule has 0 aliphatic carbocycles. The van der Waals surface area contributed by atoms with Gasteiger partial charge in [-0.2, -0.15) is 0 Å². The van der Waals surface area contributed by atoms with Crippen LogP contribution >= 0.6 is 27.3 Å². The van der Waals surface area contributed by atoms with Crippen molar-refractivity contribution in [1.29, 1.82) is 0 Å². The van der Waals surface area contributed by atoms with Crippen molar-refractivity contribution >= 4 is 38.3 Å². The number of halogens is 1. The van der Waals surface area contributed by atoms with Crippen LogP contribution in [-0.2, 0) is 4.79 Å². The Kier molecular flexibility index (Phi) is 2.39. The number of hydrogen-bond donors (Lipinski definition) is 1. The Morgan fingerprint density at radius 3 is 3.00 bits per heavy atom. The number of nitrogens with zero attached hydrogens (tertiary/aromatic N) is 1. The lowest BCUT2D eigenvalue weighted by Gasteiger charge is -1.91. The summed E-state index contributed by atoms with van der Waals surface area (Å²) < 4.78 is 0.723. The molecule has 0 bridgehead atoms. The van der Waals surface area contributed by atoms with E-state index in [1.165, 1.54) is 11.3 Å². The van der Waals surface area contributed by atoms with Crippen molar-refractivity contribution in [2.45, 2.75) is 0 Å². The Morgan fingerprint density at radius 1 is 1.90 bits per heavy atom. The van der Waals surface area contributed by atoms with Gasteiger partial charge in [0.25, 0.3) is 0 Å². The molecule has 0 saturated carbocycles. The number of rotatable bonds is 1. The van der Waals surface area contributed by atoms with Crippen LogP contribution in [0.15, 0.2) is 9.98 Å². The molecule has 53 valence electrons. The Balaban J connectivity index is 2.67. The number of hydrogen-bond acceptors (Lipinski definition) is 3. The summed E-state index contributed by atoms with van der Waals surface area (Å²) in [6, 6.07) is 0. The SMILES string of the molecule is [CH2]C(=O)Nc1nc(Br)cs1. The second kappa shape index (κ2) is 3.12. The van der Waals surface area contributed by atoms with Gasteiger partial charge in [-0.3, -0.25) is 4.79 Å². The van der Waals surface area contributed by atoms with E-state index in [4.69, 9.17) is 0 Å². The van der Waals surface area contributed by atoms with Crippen LogP contribution in [-0.4, -0.2) is 10.9 Å². The second-order valence-electron chi connectivity index (χ2n) is 1.52. The third kappa shape index (κ3) is 2.07. The first kappa shape index (κ1) is 7.68. The van der Waals surface area contributed by atoms with Crippen molar-refractivity contribution < 1.29 is 4.79 Å². The fourth-order valence-electron chi connectivity index (χ4n) is 0.431. The number of carbonyl (C=O) groups excluding carboxylic acids is 1. The van der Waals surface area contributed by atoms with Crippen LogP contribution in [0.25, 0.3) is 0 Å². The molecule has 1 aromatic rings. The molecule has 1 heterocycles. The Morgan fingerprint density at radius 2 is 2.60 bits per heavy atom. The van der Waals surface area contributed by atoms with E-state index < -0.39 is 0 Å². The highest BCUT2D eigenvalue weighted by atomic mass is 79.9. The first-order valence-electron chi connectivity index (χ1n) is 2.42. The molecular weight excluding hydrogens is 216 g/mol. The van der Waals surface area contributed by atoms with Gasteiger partial charge in [-0.25, -0.2) is 4.98 Å². The van der Waals surface area contributed by atoms with E-state index >= 15 is 0 Å². The van der Waals surface area contributed by atoms with Crippen molar-refractivity contribution in [3.8, 4) is 0 Å².